The predicted octanol–water partition coefficient (Wildman–Crippen LogP) is 4.31. The van der Waals surface area contributed by atoms with E-state index < -0.39 is 25.0 Å². The van der Waals surface area contributed by atoms with Gasteiger partial charge in [-0.3, -0.25) is 0 Å². The number of hydrogen-bond acceptors (Lipinski definition) is 2. The van der Waals surface area contributed by atoms with Crippen molar-refractivity contribution < 1.29 is 31.4 Å². The SMILES string of the molecule is COCO[C@H](c1ccccc1Br)C(F)(F)C(F)(F)F. The molecule has 0 aromatic heterocycles. The minimum atomic E-state index is -5.72. The molecule has 0 bridgehead atoms. The van der Waals surface area contributed by atoms with Gasteiger partial charge in [-0.05, 0) is 6.07 Å². The summed E-state index contributed by atoms with van der Waals surface area (Å²) in [4.78, 5) is 0. The first-order valence-electron chi connectivity index (χ1n) is 5.01. The van der Waals surface area contributed by atoms with Crippen LogP contribution in [0.2, 0.25) is 0 Å². The Morgan fingerprint density at radius 3 is 2.21 bits per heavy atom. The van der Waals surface area contributed by atoms with Gasteiger partial charge in [0, 0.05) is 17.1 Å². The fraction of sp³-hybridized carbons (Fsp3) is 0.455. The molecular formula is C11H10BrF5O2. The van der Waals surface area contributed by atoms with Gasteiger partial charge < -0.3 is 9.47 Å². The first kappa shape index (κ1) is 16.3. The summed E-state index contributed by atoms with van der Waals surface area (Å²) in [5, 5.41) is 0. The van der Waals surface area contributed by atoms with Crippen LogP contribution in [0.5, 0.6) is 0 Å². The van der Waals surface area contributed by atoms with Gasteiger partial charge in [0.05, 0.1) is 0 Å². The third kappa shape index (κ3) is 3.64. The molecular weight excluding hydrogens is 339 g/mol. The van der Waals surface area contributed by atoms with Gasteiger partial charge in [0.1, 0.15) is 6.79 Å². The Hall–Kier alpha value is -0.730. The van der Waals surface area contributed by atoms with E-state index in [-0.39, 0.29) is 10.0 Å². The van der Waals surface area contributed by atoms with Crippen molar-refractivity contribution >= 4 is 15.9 Å². The standard InChI is InChI=1S/C11H10BrF5O2/c1-18-6-19-9(10(13,14)11(15,16)17)7-4-2-3-5-8(7)12/h2-5,9H,6H2,1H3/t9-/m1/s1. The highest BCUT2D eigenvalue weighted by molar-refractivity contribution is 9.10. The van der Waals surface area contributed by atoms with Gasteiger partial charge in [0.2, 0.25) is 0 Å². The molecule has 0 saturated carbocycles. The normalized spacial score (nSPS) is 14.5. The van der Waals surface area contributed by atoms with Gasteiger partial charge >= 0.3 is 12.1 Å². The van der Waals surface area contributed by atoms with Gasteiger partial charge in [0.25, 0.3) is 0 Å². The molecule has 8 heteroatoms. The Balaban J connectivity index is 3.19. The summed E-state index contributed by atoms with van der Waals surface area (Å²) in [6.07, 6.45) is -8.20. The molecule has 108 valence electrons. The number of methoxy groups -OCH3 is 1. The topological polar surface area (TPSA) is 18.5 Å². The number of hydrogen-bond donors (Lipinski definition) is 0. The minimum absolute atomic E-state index is 0.0972. The molecule has 1 rings (SSSR count). The van der Waals surface area contributed by atoms with Crippen molar-refractivity contribution in [1.29, 1.82) is 0 Å². The summed E-state index contributed by atoms with van der Waals surface area (Å²) >= 11 is 2.93. The highest BCUT2D eigenvalue weighted by atomic mass is 79.9. The van der Waals surface area contributed by atoms with E-state index in [1.165, 1.54) is 18.2 Å². The molecule has 0 spiro atoms. The van der Waals surface area contributed by atoms with Crippen LogP contribution in [0.25, 0.3) is 0 Å². The second-order valence-electron chi connectivity index (χ2n) is 3.60. The molecule has 0 aliphatic heterocycles. The number of alkyl halides is 5. The lowest BCUT2D eigenvalue weighted by Crippen LogP contribution is -2.43. The fourth-order valence-electron chi connectivity index (χ4n) is 1.36. The number of ether oxygens (including phenoxy) is 2. The van der Waals surface area contributed by atoms with Crippen molar-refractivity contribution in [2.45, 2.75) is 18.2 Å². The predicted molar refractivity (Wildman–Crippen MR) is 60.8 cm³/mol. The lowest BCUT2D eigenvalue weighted by Gasteiger charge is -2.29. The van der Waals surface area contributed by atoms with Crippen molar-refractivity contribution in [3.05, 3.63) is 34.3 Å². The van der Waals surface area contributed by atoms with Gasteiger partial charge in [0.15, 0.2) is 6.10 Å². The summed E-state index contributed by atoms with van der Waals surface area (Å²) in [5.74, 6) is -5.03. The zero-order valence-electron chi connectivity index (χ0n) is 9.68. The zero-order valence-corrected chi connectivity index (χ0v) is 11.3. The molecule has 0 amide bonds. The summed E-state index contributed by atoms with van der Waals surface area (Å²) in [5.41, 5.74) is -0.304. The van der Waals surface area contributed by atoms with Gasteiger partial charge in [-0.1, -0.05) is 34.1 Å². The third-order valence-corrected chi connectivity index (χ3v) is 2.97. The fourth-order valence-corrected chi connectivity index (χ4v) is 1.85. The average Bonchev–Trinajstić information content (AvgIpc) is 2.30. The summed E-state index contributed by atoms with van der Waals surface area (Å²) in [6, 6.07) is 5.32. The van der Waals surface area contributed by atoms with Crippen LogP contribution in [-0.2, 0) is 9.47 Å². The minimum Gasteiger partial charge on any atom is -0.359 e. The monoisotopic (exact) mass is 348 g/mol. The van der Waals surface area contributed by atoms with E-state index in [0.29, 0.717) is 0 Å². The third-order valence-electron chi connectivity index (χ3n) is 2.25. The van der Waals surface area contributed by atoms with Crippen LogP contribution in [0, 0.1) is 0 Å². The molecule has 0 N–H and O–H groups in total. The number of benzene rings is 1. The van der Waals surface area contributed by atoms with Crippen molar-refractivity contribution in [1.82, 2.24) is 0 Å². The quantitative estimate of drug-likeness (QED) is 0.583. The second kappa shape index (κ2) is 6.15. The maximum atomic E-state index is 13.5. The second-order valence-corrected chi connectivity index (χ2v) is 4.45. The van der Waals surface area contributed by atoms with Crippen molar-refractivity contribution in [3.8, 4) is 0 Å². The van der Waals surface area contributed by atoms with Crippen LogP contribution >= 0.6 is 15.9 Å². The summed E-state index contributed by atoms with van der Waals surface area (Å²) in [6.45, 7) is -0.683. The molecule has 1 aromatic rings. The van der Waals surface area contributed by atoms with Crippen molar-refractivity contribution in [2.24, 2.45) is 0 Å². The van der Waals surface area contributed by atoms with E-state index in [2.05, 4.69) is 25.4 Å². The van der Waals surface area contributed by atoms with Crippen LogP contribution in [0.15, 0.2) is 28.7 Å². The highest BCUT2D eigenvalue weighted by Crippen LogP contribution is 2.47. The molecule has 0 radical (unpaired) electrons. The molecule has 0 aliphatic rings. The van der Waals surface area contributed by atoms with Crippen molar-refractivity contribution in [2.75, 3.05) is 13.9 Å². The van der Waals surface area contributed by atoms with Crippen molar-refractivity contribution in [3.63, 3.8) is 0 Å². The maximum absolute atomic E-state index is 13.5. The van der Waals surface area contributed by atoms with E-state index >= 15 is 0 Å². The Morgan fingerprint density at radius 1 is 1.16 bits per heavy atom. The van der Waals surface area contributed by atoms with E-state index in [4.69, 9.17) is 0 Å². The van der Waals surface area contributed by atoms with Crippen LogP contribution in [0.3, 0.4) is 0 Å². The Kier molecular flexibility index (Phi) is 5.28. The molecule has 0 aliphatic carbocycles. The molecule has 0 fully saturated rings. The van der Waals surface area contributed by atoms with Gasteiger partial charge in [-0.2, -0.15) is 22.0 Å². The molecule has 2 nitrogen and oxygen atoms in total. The lowest BCUT2D eigenvalue weighted by molar-refractivity contribution is -0.327. The zero-order chi connectivity index (χ0) is 14.7. The molecule has 19 heavy (non-hydrogen) atoms. The number of rotatable bonds is 5. The molecule has 1 aromatic carbocycles. The van der Waals surface area contributed by atoms with Gasteiger partial charge in [-0.15, -0.1) is 0 Å². The van der Waals surface area contributed by atoms with E-state index in [1.54, 1.807) is 0 Å². The van der Waals surface area contributed by atoms with Gasteiger partial charge in [-0.25, -0.2) is 0 Å². The van der Waals surface area contributed by atoms with E-state index in [1.807, 2.05) is 0 Å². The van der Waals surface area contributed by atoms with E-state index in [0.717, 1.165) is 13.2 Å². The van der Waals surface area contributed by atoms with Crippen LogP contribution in [-0.4, -0.2) is 26.0 Å². The lowest BCUT2D eigenvalue weighted by atomic mass is 10.0. The Morgan fingerprint density at radius 2 is 1.74 bits per heavy atom. The first-order chi connectivity index (χ1) is 8.71. The van der Waals surface area contributed by atoms with Crippen LogP contribution in [0.1, 0.15) is 11.7 Å². The molecule has 0 heterocycles. The Bertz CT molecular complexity index is 422. The largest absolute Gasteiger partial charge is 0.456 e. The number of halogens is 6. The highest BCUT2D eigenvalue weighted by Gasteiger charge is 2.63. The van der Waals surface area contributed by atoms with Crippen LogP contribution < -0.4 is 0 Å². The summed E-state index contributed by atoms with van der Waals surface area (Å²) in [7, 11) is 1.13. The summed E-state index contributed by atoms with van der Waals surface area (Å²) < 4.78 is 73.3. The maximum Gasteiger partial charge on any atom is 0.456 e. The van der Waals surface area contributed by atoms with E-state index in [9.17, 15) is 22.0 Å². The average molecular weight is 349 g/mol. The van der Waals surface area contributed by atoms with Crippen LogP contribution in [0.4, 0.5) is 22.0 Å². The molecule has 1 atom stereocenters. The molecule has 0 unspecified atom stereocenters. The first-order valence-corrected chi connectivity index (χ1v) is 5.80. The smallest absolute Gasteiger partial charge is 0.359 e. The Labute approximate surface area is 114 Å². The molecule has 0 saturated heterocycles.